The monoisotopic (exact) mass is 626 g/mol. The third kappa shape index (κ3) is 10.2. The van der Waals surface area contributed by atoms with E-state index < -0.39 is 41.4 Å². The lowest BCUT2D eigenvalue weighted by molar-refractivity contribution is -0.133. The molecule has 4 rings (SSSR count). The fraction of sp³-hybridized carbons (Fsp3) is 0.625. The van der Waals surface area contributed by atoms with E-state index in [4.69, 9.17) is 14.0 Å². The van der Waals surface area contributed by atoms with Crippen LogP contribution in [-0.4, -0.2) is 95.2 Å². The number of nitrogens with one attached hydrogen (secondary N) is 3. The van der Waals surface area contributed by atoms with Crippen molar-refractivity contribution in [3.05, 3.63) is 47.6 Å². The van der Waals surface area contributed by atoms with Gasteiger partial charge < -0.3 is 29.9 Å². The molecule has 0 aliphatic carbocycles. The zero-order valence-corrected chi connectivity index (χ0v) is 26.8. The molecule has 2 aromatic rings. The first-order chi connectivity index (χ1) is 21.4. The minimum absolute atomic E-state index is 0.0510. The highest BCUT2D eigenvalue weighted by Crippen LogP contribution is 2.29. The first-order valence-corrected chi connectivity index (χ1v) is 15.7. The molecular formula is C32H46N6O7. The van der Waals surface area contributed by atoms with E-state index in [1.807, 2.05) is 27.7 Å². The van der Waals surface area contributed by atoms with Gasteiger partial charge in [0.05, 0.1) is 32.4 Å². The molecule has 0 spiro atoms. The van der Waals surface area contributed by atoms with Crippen LogP contribution >= 0.6 is 0 Å². The highest BCUT2D eigenvalue weighted by molar-refractivity contribution is 5.99. The highest BCUT2D eigenvalue weighted by Gasteiger charge is 2.50. The number of carbonyl (C=O) groups is 4. The summed E-state index contributed by atoms with van der Waals surface area (Å²) in [6, 6.07) is 2.35. The predicted octanol–water partition coefficient (Wildman–Crippen LogP) is 1.66. The average molecular weight is 627 g/mol. The molecule has 3 N–H and O–H groups in total. The van der Waals surface area contributed by atoms with Gasteiger partial charge in [-0.05, 0) is 49.3 Å². The Bertz CT molecular complexity index is 1300. The minimum atomic E-state index is -1.02. The summed E-state index contributed by atoms with van der Waals surface area (Å²) < 4.78 is 16.1. The smallest absolute Gasteiger partial charge is 0.274 e. The van der Waals surface area contributed by atoms with Crippen LogP contribution in [0.5, 0.6) is 0 Å². The van der Waals surface area contributed by atoms with Crippen molar-refractivity contribution in [2.45, 2.75) is 84.2 Å². The second-order valence-electron chi connectivity index (χ2n) is 12.9. The molecule has 2 aliphatic rings. The maximum Gasteiger partial charge on any atom is 0.274 e. The Kier molecular flexibility index (Phi) is 11.8. The van der Waals surface area contributed by atoms with E-state index in [0.29, 0.717) is 45.0 Å². The summed E-state index contributed by atoms with van der Waals surface area (Å²) in [5.41, 5.74) is -0.0711. The molecule has 3 amide bonds. The first-order valence-electron chi connectivity index (χ1n) is 15.7. The summed E-state index contributed by atoms with van der Waals surface area (Å²) in [7, 11) is 0. The molecule has 45 heavy (non-hydrogen) atoms. The van der Waals surface area contributed by atoms with E-state index >= 15 is 0 Å². The van der Waals surface area contributed by atoms with Gasteiger partial charge in [0.1, 0.15) is 17.7 Å². The van der Waals surface area contributed by atoms with Gasteiger partial charge in [0.25, 0.3) is 5.91 Å². The normalized spacial score (nSPS) is 20.3. The van der Waals surface area contributed by atoms with Crippen molar-refractivity contribution >= 4 is 23.5 Å². The van der Waals surface area contributed by atoms with Gasteiger partial charge in [0, 0.05) is 38.0 Å². The molecule has 4 atom stereocenters. The summed E-state index contributed by atoms with van der Waals surface area (Å²) in [5, 5.41) is 12.4. The van der Waals surface area contributed by atoms with Crippen molar-refractivity contribution in [2.75, 3.05) is 32.9 Å². The summed E-state index contributed by atoms with van der Waals surface area (Å²) >= 11 is 0. The van der Waals surface area contributed by atoms with Crippen molar-refractivity contribution in [1.29, 1.82) is 0 Å². The highest BCUT2D eigenvalue weighted by atomic mass is 16.6. The Morgan fingerprint density at radius 3 is 2.13 bits per heavy atom. The summed E-state index contributed by atoms with van der Waals surface area (Å²) in [5.74, 6) is -1.04. The maximum absolute atomic E-state index is 13.7. The van der Waals surface area contributed by atoms with E-state index in [0.717, 1.165) is 18.7 Å². The van der Waals surface area contributed by atoms with Crippen LogP contribution in [0.2, 0.25) is 0 Å². The van der Waals surface area contributed by atoms with Crippen molar-refractivity contribution in [1.82, 2.24) is 31.0 Å². The van der Waals surface area contributed by atoms with Gasteiger partial charge in [-0.1, -0.05) is 32.9 Å². The number of morpholine rings is 1. The van der Waals surface area contributed by atoms with Crippen LogP contribution in [0.4, 0.5) is 0 Å². The molecular weight excluding hydrogens is 580 g/mol. The molecule has 2 aromatic heterocycles. The van der Waals surface area contributed by atoms with Crippen molar-refractivity contribution in [3.63, 3.8) is 0 Å². The molecule has 2 fully saturated rings. The lowest BCUT2D eigenvalue weighted by atomic mass is 9.93. The van der Waals surface area contributed by atoms with Crippen LogP contribution in [-0.2, 0) is 36.8 Å². The first kappa shape index (κ1) is 34.2. The Labute approximate surface area is 264 Å². The number of pyridine rings is 1. The average Bonchev–Trinajstić information content (AvgIpc) is 3.58. The zero-order valence-electron chi connectivity index (χ0n) is 26.8. The lowest BCUT2D eigenvalue weighted by Crippen LogP contribution is -2.57. The van der Waals surface area contributed by atoms with Crippen molar-refractivity contribution in [2.24, 2.45) is 11.8 Å². The number of Topliss-reactive ketones (excluding diaryl/α,β-unsaturated/α-hetero) is 1. The number of amides is 3. The van der Waals surface area contributed by atoms with E-state index in [1.165, 1.54) is 0 Å². The van der Waals surface area contributed by atoms with Crippen LogP contribution in [0.1, 0.15) is 69.3 Å². The van der Waals surface area contributed by atoms with Crippen LogP contribution in [0.3, 0.4) is 0 Å². The number of hydrogen-bond donors (Lipinski definition) is 3. The summed E-state index contributed by atoms with van der Waals surface area (Å²) in [6.07, 6.45) is 4.12. The number of aromatic nitrogens is 2. The second kappa shape index (κ2) is 15.5. The van der Waals surface area contributed by atoms with Gasteiger partial charge in [-0.2, -0.15) is 0 Å². The SMILES string of the molecule is CC(C)CC(NC(=O)c1cc(CN2CCOCC2)on1)C(=O)NC(Cc1ccncc1)C(=O)NC(CC(C)C)C(=O)[C@@]1(C)CO1. The summed E-state index contributed by atoms with van der Waals surface area (Å²) in [4.78, 5) is 60.0. The Morgan fingerprint density at radius 2 is 1.51 bits per heavy atom. The lowest BCUT2D eigenvalue weighted by Gasteiger charge is -2.27. The van der Waals surface area contributed by atoms with Crippen LogP contribution in [0.15, 0.2) is 35.1 Å². The molecule has 13 heteroatoms. The van der Waals surface area contributed by atoms with Crippen LogP contribution in [0.25, 0.3) is 0 Å². The van der Waals surface area contributed by atoms with Crippen molar-refractivity contribution < 1.29 is 33.2 Å². The second-order valence-corrected chi connectivity index (χ2v) is 12.9. The largest absolute Gasteiger partial charge is 0.379 e. The minimum Gasteiger partial charge on any atom is -0.379 e. The molecule has 3 unspecified atom stereocenters. The van der Waals surface area contributed by atoms with Gasteiger partial charge in [-0.15, -0.1) is 0 Å². The van der Waals surface area contributed by atoms with Gasteiger partial charge >= 0.3 is 0 Å². The maximum atomic E-state index is 13.7. The van der Waals surface area contributed by atoms with Gasteiger partial charge in [0.2, 0.25) is 11.8 Å². The molecule has 2 aliphatic heterocycles. The third-order valence-corrected chi connectivity index (χ3v) is 7.86. The van der Waals surface area contributed by atoms with Crippen LogP contribution < -0.4 is 16.0 Å². The zero-order chi connectivity index (χ0) is 32.6. The third-order valence-electron chi connectivity index (χ3n) is 7.86. The quantitative estimate of drug-likeness (QED) is 0.233. The van der Waals surface area contributed by atoms with E-state index in [-0.39, 0.29) is 29.7 Å². The molecule has 13 nitrogen and oxygen atoms in total. The molecule has 2 saturated heterocycles. The summed E-state index contributed by atoms with van der Waals surface area (Å²) in [6.45, 7) is 13.1. The Hall–Kier alpha value is -3.68. The molecule has 0 bridgehead atoms. The Balaban J connectivity index is 1.47. The molecule has 4 heterocycles. The van der Waals surface area contributed by atoms with Crippen LogP contribution in [0, 0.1) is 11.8 Å². The standard InChI is InChI=1S/C32H46N6O7/c1-20(2)14-24(28(39)32(5)19-44-32)34-30(41)26(16-22-6-8-33-9-7-22)36-29(40)25(15-21(3)4)35-31(42)27-17-23(45-37-27)18-38-10-12-43-13-11-38/h6-9,17,20-21,24-26H,10-16,18-19H2,1-5H3,(H,34,41)(H,35,42)(H,36,40)/t24?,25?,26?,32-/m1/s1. The van der Waals surface area contributed by atoms with Gasteiger partial charge in [-0.25, -0.2) is 0 Å². The number of ketones is 1. The molecule has 0 saturated carbocycles. The fourth-order valence-electron chi connectivity index (χ4n) is 5.24. The predicted molar refractivity (Wildman–Crippen MR) is 164 cm³/mol. The number of nitrogens with zero attached hydrogens (tertiary/aromatic N) is 3. The molecule has 0 radical (unpaired) electrons. The van der Waals surface area contributed by atoms with Gasteiger partial charge in [0.15, 0.2) is 17.2 Å². The van der Waals surface area contributed by atoms with E-state index in [2.05, 4.69) is 31.0 Å². The number of carbonyl (C=O) groups excluding carboxylic acids is 4. The Morgan fingerprint density at radius 1 is 0.911 bits per heavy atom. The van der Waals surface area contributed by atoms with Crippen molar-refractivity contribution in [3.8, 4) is 0 Å². The fourth-order valence-corrected chi connectivity index (χ4v) is 5.24. The molecule has 0 aromatic carbocycles. The number of epoxide rings is 1. The van der Waals surface area contributed by atoms with E-state index in [1.54, 1.807) is 37.5 Å². The number of ether oxygens (including phenoxy) is 2. The topological polar surface area (TPSA) is 168 Å². The van der Waals surface area contributed by atoms with E-state index in [9.17, 15) is 19.2 Å². The number of hydrogen-bond acceptors (Lipinski definition) is 10. The molecule has 246 valence electrons. The number of rotatable bonds is 16. The van der Waals surface area contributed by atoms with Gasteiger partial charge in [-0.3, -0.25) is 29.1 Å².